The van der Waals surface area contributed by atoms with Crippen LogP contribution < -0.4 is 0 Å². The summed E-state index contributed by atoms with van der Waals surface area (Å²) in [5.74, 6) is 0.590. The minimum absolute atomic E-state index is 0.0313. The van der Waals surface area contributed by atoms with Crippen molar-refractivity contribution in [1.82, 2.24) is 15.1 Å². The van der Waals surface area contributed by atoms with Gasteiger partial charge in [-0.2, -0.15) is 4.98 Å². The third kappa shape index (κ3) is 2.76. The van der Waals surface area contributed by atoms with Crippen molar-refractivity contribution < 1.29 is 9.32 Å². The Morgan fingerprint density at radius 3 is 2.55 bits per heavy atom. The average molecular weight is 273 g/mol. The summed E-state index contributed by atoms with van der Waals surface area (Å²) in [5.41, 5.74) is 2.76. The molecular formula is C15H19N3O2. The maximum Gasteiger partial charge on any atom is 0.237 e. The Bertz CT molecular complexity index is 632. The van der Waals surface area contributed by atoms with Gasteiger partial charge in [0.25, 0.3) is 0 Å². The first-order valence-electron chi connectivity index (χ1n) is 6.67. The highest BCUT2D eigenvalue weighted by Gasteiger charge is 2.27. The SMILES string of the molecule is CC(=O)C(c1nc(-c2ncc(C)cc2C)no1)C(C)C. The van der Waals surface area contributed by atoms with Crippen LogP contribution in [0.1, 0.15) is 43.7 Å². The van der Waals surface area contributed by atoms with E-state index in [1.165, 1.54) is 0 Å². The summed E-state index contributed by atoms with van der Waals surface area (Å²) in [5, 5.41) is 3.96. The third-order valence-corrected chi connectivity index (χ3v) is 3.24. The molecule has 5 nitrogen and oxygen atoms in total. The van der Waals surface area contributed by atoms with Crippen LogP contribution in [0.2, 0.25) is 0 Å². The van der Waals surface area contributed by atoms with Gasteiger partial charge in [-0.1, -0.05) is 25.1 Å². The molecule has 0 radical (unpaired) electrons. The Morgan fingerprint density at radius 2 is 2.00 bits per heavy atom. The van der Waals surface area contributed by atoms with Crippen LogP contribution in [0, 0.1) is 19.8 Å². The molecule has 0 saturated heterocycles. The normalized spacial score (nSPS) is 12.7. The molecule has 2 heterocycles. The highest BCUT2D eigenvalue weighted by Crippen LogP contribution is 2.26. The van der Waals surface area contributed by atoms with Crippen LogP contribution in [-0.2, 0) is 4.79 Å². The first-order valence-corrected chi connectivity index (χ1v) is 6.67. The van der Waals surface area contributed by atoms with E-state index in [1.54, 1.807) is 13.1 Å². The zero-order valence-corrected chi connectivity index (χ0v) is 12.5. The number of nitrogens with zero attached hydrogens (tertiary/aromatic N) is 3. The van der Waals surface area contributed by atoms with Crippen LogP contribution in [-0.4, -0.2) is 20.9 Å². The standard InChI is InChI=1S/C15H19N3O2/c1-8(2)12(11(5)19)15-17-14(18-20-15)13-10(4)6-9(3)7-16-13/h6-8,12H,1-5H3. The molecule has 2 aromatic heterocycles. The van der Waals surface area contributed by atoms with Crippen LogP contribution in [0.3, 0.4) is 0 Å². The molecule has 0 bridgehead atoms. The highest BCUT2D eigenvalue weighted by atomic mass is 16.5. The van der Waals surface area contributed by atoms with Crippen LogP contribution in [0.4, 0.5) is 0 Å². The van der Waals surface area contributed by atoms with Crippen molar-refractivity contribution in [2.24, 2.45) is 5.92 Å². The number of Topliss-reactive ketones (excluding diaryl/α,β-unsaturated/α-hetero) is 1. The number of ketones is 1. The van der Waals surface area contributed by atoms with E-state index in [4.69, 9.17) is 4.52 Å². The summed E-state index contributed by atoms with van der Waals surface area (Å²) >= 11 is 0. The molecule has 1 atom stereocenters. The summed E-state index contributed by atoms with van der Waals surface area (Å²) in [6, 6.07) is 2.02. The second-order valence-corrected chi connectivity index (χ2v) is 5.47. The number of hydrogen-bond acceptors (Lipinski definition) is 5. The summed E-state index contributed by atoms with van der Waals surface area (Å²) < 4.78 is 5.27. The smallest absolute Gasteiger partial charge is 0.237 e. The Morgan fingerprint density at radius 1 is 1.30 bits per heavy atom. The molecule has 2 aromatic rings. The fourth-order valence-corrected chi connectivity index (χ4v) is 2.34. The number of hydrogen-bond donors (Lipinski definition) is 0. The van der Waals surface area contributed by atoms with Crippen molar-refractivity contribution in [3.8, 4) is 11.5 Å². The summed E-state index contributed by atoms with van der Waals surface area (Å²) in [6.07, 6.45) is 1.77. The van der Waals surface area contributed by atoms with E-state index < -0.39 is 0 Å². The van der Waals surface area contributed by atoms with Crippen LogP contribution in [0.5, 0.6) is 0 Å². The molecule has 0 aliphatic heterocycles. The van der Waals surface area contributed by atoms with Gasteiger partial charge in [-0.15, -0.1) is 0 Å². The van der Waals surface area contributed by atoms with Crippen molar-refractivity contribution in [1.29, 1.82) is 0 Å². The number of rotatable bonds is 4. The van der Waals surface area contributed by atoms with E-state index in [0.29, 0.717) is 17.4 Å². The lowest BCUT2D eigenvalue weighted by molar-refractivity contribution is -0.119. The molecule has 1 unspecified atom stereocenters. The van der Waals surface area contributed by atoms with Gasteiger partial charge in [-0.25, -0.2) is 0 Å². The van der Waals surface area contributed by atoms with Gasteiger partial charge < -0.3 is 4.52 Å². The lowest BCUT2D eigenvalue weighted by Gasteiger charge is -2.12. The summed E-state index contributed by atoms with van der Waals surface area (Å²) in [7, 11) is 0. The number of carbonyl (C=O) groups excluding carboxylic acids is 1. The molecule has 5 heteroatoms. The molecule has 2 rings (SSSR count). The van der Waals surface area contributed by atoms with Crippen molar-refractivity contribution >= 4 is 5.78 Å². The van der Waals surface area contributed by atoms with E-state index in [9.17, 15) is 4.79 Å². The molecule has 0 spiro atoms. The van der Waals surface area contributed by atoms with Gasteiger partial charge in [0.2, 0.25) is 11.7 Å². The van der Waals surface area contributed by atoms with Gasteiger partial charge in [0.1, 0.15) is 11.5 Å². The molecule has 0 saturated carbocycles. The van der Waals surface area contributed by atoms with Crippen LogP contribution in [0.15, 0.2) is 16.8 Å². The number of carbonyl (C=O) groups is 1. The minimum atomic E-state index is -0.359. The molecule has 0 N–H and O–H groups in total. The van der Waals surface area contributed by atoms with Gasteiger partial charge >= 0.3 is 0 Å². The van der Waals surface area contributed by atoms with E-state index in [-0.39, 0.29) is 17.6 Å². The van der Waals surface area contributed by atoms with Crippen LogP contribution in [0.25, 0.3) is 11.5 Å². The Kier molecular flexibility index (Phi) is 3.97. The number of aryl methyl sites for hydroxylation is 2. The monoisotopic (exact) mass is 273 g/mol. The largest absolute Gasteiger partial charge is 0.338 e. The zero-order chi connectivity index (χ0) is 14.9. The zero-order valence-electron chi connectivity index (χ0n) is 12.5. The molecule has 0 fully saturated rings. The molecule has 0 amide bonds. The molecule has 106 valence electrons. The Balaban J connectivity index is 2.40. The van der Waals surface area contributed by atoms with Crippen molar-refractivity contribution in [2.75, 3.05) is 0 Å². The van der Waals surface area contributed by atoms with Gasteiger partial charge in [0.05, 0.1) is 5.92 Å². The first kappa shape index (κ1) is 14.4. The second kappa shape index (κ2) is 5.53. The van der Waals surface area contributed by atoms with E-state index in [0.717, 1.165) is 11.1 Å². The van der Waals surface area contributed by atoms with Crippen molar-refractivity contribution in [2.45, 2.75) is 40.5 Å². The van der Waals surface area contributed by atoms with E-state index >= 15 is 0 Å². The van der Waals surface area contributed by atoms with Gasteiger partial charge in [-0.05, 0) is 37.8 Å². The van der Waals surface area contributed by atoms with E-state index in [1.807, 2.05) is 33.8 Å². The Labute approximate surface area is 118 Å². The second-order valence-electron chi connectivity index (χ2n) is 5.47. The molecule has 0 aromatic carbocycles. The quantitative estimate of drug-likeness (QED) is 0.856. The Hall–Kier alpha value is -2.04. The van der Waals surface area contributed by atoms with Gasteiger partial charge in [0.15, 0.2) is 0 Å². The highest BCUT2D eigenvalue weighted by molar-refractivity contribution is 5.82. The fraction of sp³-hybridized carbons (Fsp3) is 0.467. The summed E-state index contributed by atoms with van der Waals surface area (Å²) in [6.45, 7) is 9.41. The minimum Gasteiger partial charge on any atom is -0.338 e. The lowest BCUT2D eigenvalue weighted by atomic mass is 9.92. The van der Waals surface area contributed by atoms with Crippen molar-refractivity contribution in [3.05, 3.63) is 29.3 Å². The lowest BCUT2D eigenvalue weighted by Crippen LogP contribution is -2.15. The maximum absolute atomic E-state index is 11.7. The van der Waals surface area contributed by atoms with Gasteiger partial charge in [0, 0.05) is 6.20 Å². The third-order valence-electron chi connectivity index (χ3n) is 3.24. The number of aromatic nitrogens is 3. The van der Waals surface area contributed by atoms with Crippen LogP contribution >= 0.6 is 0 Å². The fourth-order valence-electron chi connectivity index (χ4n) is 2.34. The molecule has 0 aliphatic carbocycles. The molecular weight excluding hydrogens is 254 g/mol. The average Bonchev–Trinajstić information content (AvgIpc) is 2.76. The topological polar surface area (TPSA) is 68.9 Å². The van der Waals surface area contributed by atoms with Gasteiger partial charge in [-0.3, -0.25) is 9.78 Å². The molecule has 20 heavy (non-hydrogen) atoms. The predicted octanol–water partition coefficient (Wildman–Crippen LogP) is 3.08. The van der Waals surface area contributed by atoms with Crippen molar-refractivity contribution in [3.63, 3.8) is 0 Å². The predicted molar refractivity (Wildman–Crippen MR) is 75.3 cm³/mol. The maximum atomic E-state index is 11.7. The summed E-state index contributed by atoms with van der Waals surface area (Å²) in [4.78, 5) is 20.4. The van der Waals surface area contributed by atoms with E-state index in [2.05, 4.69) is 15.1 Å². The molecule has 0 aliphatic rings. The number of pyridine rings is 1. The first-order chi connectivity index (χ1) is 9.40.